The van der Waals surface area contributed by atoms with Crippen LogP contribution in [0.3, 0.4) is 0 Å². The number of H-pyrrole nitrogens is 2. The maximum atomic E-state index is 12.5. The molecule has 2 aromatic carbocycles. The lowest BCUT2D eigenvalue weighted by Crippen LogP contribution is -2.47. The summed E-state index contributed by atoms with van der Waals surface area (Å²) in [6, 6.07) is 14.1. The molecule has 0 bridgehead atoms. The smallest absolute Gasteiger partial charge is 0.323 e. The molecule has 3 aromatic rings. The molecule has 0 saturated carbocycles. The molecule has 1 aromatic heterocycles. The van der Waals surface area contributed by atoms with E-state index in [2.05, 4.69) is 19.8 Å². The topological polar surface area (TPSA) is 92.5 Å². The van der Waals surface area contributed by atoms with Gasteiger partial charge < -0.3 is 14.9 Å². The van der Waals surface area contributed by atoms with Gasteiger partial charge in [0.05, 0.1) is 21.6 Å². The molecular weight excluding hydrogens is 426 g/mol. The highest BCUT2D eigenvalue weighted by atomic mass is 35.5. The Hall–Kier alpha value is -2.33. The third-order valence-corrected chi connectivity index (χ3v) is 7.64. The van der Waals surface area contributed by atoms with Gasteiger partial charge in [-0.05, 0) is 49.0 Å². The monoisotopic (exact) mass is 449 g/mol. The van der Waals surface area contributed by atoms with E-state index in [0.29, 0.717) is 6.42 Å². The molecule has 0 spiro atoms. The summed E-state index contributed by atoms with van der Waals surface area (Å²) in [5.41, 5.74) is 2.46. The van der Waals surface area contributed by atoms with E-state index in [0.717, 1.165) is 53.3 Å². The van der Waals surface area contributed by atoms with E-state index < -0.39 is 10.0 Å². The molecule has 0 unspecified atom stereocenters. The molecule has 160 valence electrons. The van der Waals surface area contributed by atoms with Crippen molar-refractivity contribution < 1.29 is 8.42 Å². The maximum absolute atomic E-state index is 12.5. The highest BCUT2D eigenvalue weighted by Crippen LogP contribution is 2.24. The van der Waals surface area contributed by atoms with E-state index in [4.69, 9.17) is 11.8 Å². The first-order chi connectivity index (χ1) is 14.4. The fraction of sp³-hybridized carbons (Fsp3) is 0.350. The predicted molar refractivity (Wildman–Crippen MR) is 118 cm³/mol. The summed E-state index contributed by atoms with van der Waals surface area (Å²) in [5.74, 6) is 0. The van der Waals surface area contributed by atoms with Gasteiger partial charge in [0.2, 0.25) is 0 Å². The molecule has 8 nitrogen and oxygen atoms in total. The number of anilines is 1. The molecule has 4 rings (SSSR count). The number of para-hydroxylation sites is 1. The molecule has 1 saturated heterocycles. The van der Waals surface area contributed by atoms with Gasteiger partial charge in [-0.25, -0.2) is 13.2 Å². The van der Waals surface area contributed by atoms with Crippen molar-refractivity contribution in [2.45, 2.75) is 11.3 Å². The summed E-state index contributed by atoms with van der Waals surface area (Å²) < 4.78 is 25.8. The molecule has 0 aliphatic carbocycles. The number of hydrogen-bond acceptors (Lipinski definition) is 5. The molecule has 0 radical (unpaired) electrons. The van der Waals surface area contributed by atoms with E-state index in [1.54, 1.807) is 30.3 Å². The summed E-state index contributed by atoms with van der Waals surface area (Å²) in [5, 5.41) is 0. The second-order valence-corrected chi connectivity index (χ2v) is 9.76. The Morgan fingerprint density at radius 1 is 0.967 bits per heavy atom. The van der Waals surface area contributed by atoms with Gasteiger partial charge in [-0.3, -0.25) is 4.90 Å². The Bertz CT molecular complexity index is 1150. The Balaban J connectivity index is 1.29. The SMILES string of the molecule is O=c1[nH]c2cccc(N3CCN(CCCN(Cl)S(=O)(=O)c4ccccc4)CC3)c2[nH]1. The lowest BCUT2D eigenvalue weighted by Gasteiger charge is -2.36. The Morgan fingerprint density at radius 3 is 2.43 bits per heavy atom. The molecule has 0 amide bonds. The first-order valence-corrected chi connectivity index (χ1v) is 11.6. The maximum Gasteiger partial charge on any atom is 0.323 e. The molecule has 10 heteroatoms. The van der Waals surface area contributed by atoms with Gasteiger partial charge in [0, 0.05) is 32.7 Å². The van der Waals surface area contributed by atoms with Crippen molar-refractivity contribution in [3.8, 4) is 0 Å². The number of rotatable bonds is 7. The second-order valence-electron chi connectivity index (χ2n) is 7.29. The number of benzene rings is 2. The van der Waals surface area contributed by atoms with Crippen molar-refractivity contribution in [2.75, 3.05) is 44.2 Å². The van der Waals surface area contributed by atoms with Crippen molar-refractivity contribution in [3.63, 3.8) is 0 Å². The highest BCUT2D eigenvalue weighted by molar-refractivity contribution is 7.90. The van der Waals surface area contributed by atoms with Gasteiger partial charge in [-0.15, -0.1) is 3.82 Å². The molecular formula is C20H24ClN5O3S. The molecule has 2 heterocycles. The number of aromatic amines is 2. The van der Waals surface area contributed by atoms with Crippen LogP contribution >= 0.6 is 11.8 Å². The minimum absolute atomic E-state index is 0.200. The zero-order valence-corrected chi connectivity index (χ0v) is 18.0. The number of nitrogens with zero attached hydrogens (tertiary/aromatic N) is 3. The summed E-state index contributed by atoms with van der Waals surface area (Å²) in [4.78, 5) is 22.0. The number of sulfonamides is 1. The molecule has 2 N–H and O–H groups in total. The summed E-state index contributed by atoms with van der Waals surface area (Å²) >= 11 is 6.07. The van der Waals surface area contributed by atoms with Crippen molar-refractivity contribution in [3.05, 3.63) is 59.0 Å². The quantitative estimate of drug-likeness (QED) is 0.539. The number of imidazole rings is 1. The average molecular weight is 450 g/mol. The van der Waals surface area contributed by atoms with Crippen LogP contribution in [0.4, 0.5) is 5.69 Å². The van der Waals surface area contributed by atoms with Crippen molar-refractivity contribution >= 4 is 38.5 Å². The fourth-order valence-corrected chi connectivity index (χ4v) is 5.22. The van der Waals surface area contributed by atoms with Gasteiger partial charge in [0.1, 0.15) is 0 Å². The molecule has 1 aliphatic rings. The second kappa shape index (κ2) is 8.81. The average Bonchev–Trinajstić information content (AvgIpc) is 3.15. The summed E-state index contributed by atoms with van der Waals surface area (Å²) in [6.45, 7) is 4.41. The largest absolute Gasteiger partial charge is 0.367 e. The zero-order valence-electron chi connectivity index (χ0n) is 16.4. The van der Waals surface area contributed by atoms with Crippen LogP contribution in [0.5, 0.6) is 0 Å². The zero-order chi connectivity index (χ0) is 21.1. The first kappa shape index (κ1) is 20.9. The summed E-state index contributed by atoms with van der Waals surface area (Å²) in [7, 11) is -3.67. The Morgan fingerprint density at radius 2 is 1.70 bits per heavy atom. The van der Waals surface area contributed by atoms with Crippen molar-refractivity contribution in [1.29, 1.82) is 0 Å². The molecule has 0 atom stereocenters. The van der Waals surface area contributed by atoms with E-state index in [9.17, 15) is 13.2 Å². The highest BCUT2D eigenvalue weighted by Gasteiger charge is 2.23. The van der Waals surface area contributed by atoms with Crippen LogP contribution in [0.1, 0.15) is 6.42 Å². The van der Waals surface area contributed by atoms with E-state index >= 15 is 0 Å². The fourth-order valence-electron chi connectivity index (χ4n) is 3.76. The summed E-state index contributed by atoms with van der Waals surface area (Å²) in [6.07, 6.45) is 0.649. The first-order valence-electron chi connectivity index (χ1n) is 9.87. The van der Waals surface area contributed by atoms with Gasteiger partial charge >= 0.3 is 5.69 Å². The number of halogens is 1. The van der Waals surface area contributed by atoms with Gasteiger partial charge in [0.25, 0.3) is 10.0 Å². The normalized spacial score (nSPS) is 15.9. The number of piperazine rings is 1. The Labute approximate surface area is 180 Å². The van der Waals surface area contributed by atoms with Crippen LogP contribution in [0.15, 0.2) is 58.2 Å². The lowest BCUT2D eigenvalue weighted by atomic mass is 10.2. The number of nitrogens with one attached hydrogen (secondary N) is 2. The van der Waals surface area contributed by atoms with Crippen molar-refractivity contribution in [1.82, 2.24) is 18.7 Å². The number of aromatic nitrogens is 2. The van der Waals surface area contributed by atoms with E-state index in [1.807, 2.05) is 18.2 Å². The number of fused-ring (bicyclic) bond motifs is 1. The molecule has 1 aliphatic heterocycles. The van der Waals surface area contributed by atoms with Gasteiger partial charge in [-0.1, -0.05) is 24.3 Å². The standard InChI is InChI=1S/C20H24ClN5O3S/c21-26(30(28,29)16-6-2-1-3-7-16)11-5-10-24-12-14-25(15-13-24)18-9-4-8-17-19(18)23-20(27)22-17/h1-4,6-9H,5,10-15H2,(H2,22,23,27). The minimum atomic E-state index is -3.67. The van der Waals surface area contributed by atoms with E-state index in [-0.39, 0.29) is 17.1 Å². The number of hydrogen-bond donors (Lipinski definition) is 2. The van der Waals surface area contributed by atoms with E-state index in [1.165, 1.54) is 0 Å². The van der Waals surface area contributed by atoms with Crippen LogP contribution in [0, 0.1) is 0 Å². The van der Waals surface area contributed by atoms with Gasteiger partial charge in [0.15, 0.2) is 0 Å². The molecule has 30 heavy (non-hydrogen) atoms. The third kappa shape index (κ3) is 4.39. The van der Waals surface area contributed by atoms with Crippen molar-refractivity contribution in [2.24, 2.45) is 0 Å². The Kier molecular flexibility index (Phi) is 6.14. The van der Waals surface area contributed by atoms with Crippen LogP contribution in [0.25, 0.3) is 11.0 Å². The van der Waals surface area contributed by atoms with Crippen LogP contribution in [-0.2, 0) is 10.0 Å². The van der Waals surface area contributed by atoms with Crippen LogP contribution in [-0.4, -0.2) is 66.4 Å². The third-order valence-electron chi connectivity index (χ3n) is 5.35. The molecule has 1 fully saturated rings. The predicted octanol–water partition coefficient (Wildman–Crippen LogP) is 2.21. The minimum Gasteiger partial charge on any atom is -0.367 e. The van der Waals surface area contributed by atoms with Crippen LogP contribution < -0.4 is 10.6 Å². The van der Waals surface area contributed by atoms with Gasteiger partial charge in [-0.2, -0.15) is 0 Å². The lowest BCUT2D eigenvalue weighted by molar-refractivity contribution is 0.252. The van der Waals surface area contributed by atoms with Crippen LogP contribution in [0.2, 0.25) is 0 Å².